The average molecular weight is 428 g/mol. The van der Waals surface area contributed by atoms with E-state index in [0.29, 0.717) is 21.9 Å². The van der Waals surface area contributed by atoms with E-state index in [4.69, 9.17) is 0 Å². The monoisotopic (exact) mass is 428 g/mol. The number of aryl methyl sites for hydroxylation is 1. The summed E-state index contributed by atoms with van der Waals surface area (Å²) in [6.07, 6.45) is 0. The molecule has 0 saturated heterocycles. The van der Waals surface area contributed by atoms with E-state index in [1.165, 1.54) is 12.1 Å². The summed E-state index contributed by atoms with van der Waals surface area (Å²) in [5, 5.41) is 30.6. The summed E-state index contributed by atoms with van der Waals surface area (Å²) in [6.45, 7) is 5.00. The molecule has 0 radical (unpaired) electrons. The van der Waals surface area contributed by atoms with Crippen molar-refractivity contribution in [2.45, 2.75) is 33.1 Å². The summed E-state index contributed by atoms with van der Waals surface area (Å²) < 4.78 is 35.1. The molecular weight excluding hydrogens is 408 g/mol. The lowest BCUT2D eigenvalue weighted by Crippen LogP contribution is -2.04. The smallest absolute Gasteiger partial charge is 0.335 e. The van der Waals surface area contributed by atoms with E-state index in [-0.39, 0.29) is 18.8 Å². The molecule has 0 aliphatic heterocycles. The summed E-state index contributed by atoms with van der Waals surface area (Å²) in [7, 11) is -4.85. The zero-order chi connectivity index (χ0) is 21.5. The van der Waals surface area contributed by atoms with Gasteiger partial charge in [0.1, 0.15) is 15.8 Å². The minimum Gasteiger partial charge on any atom is -0.870 e. The molecule has 3 aromatic rings. The molecule has 3 rings (SSSR count). The standard InChI is InChI=1S/C20H18N2O6S.CH4/c1-10-8-16(29(26,27)28)17(12(3)11(10)2)21-22-18-14-7-5-4-6-13(14)9-15(19(18)23)20(24)25;/h4-9,23H,1-3H3,(H,24,25)(H,26,27,28);1H4/p-2. The molecule has 0 aliphatic rings. The van der Waals surface area contributed by atoms with Crippen LogP contribution in [0.2, 0.25) is 0 Å². The maximum Gasteiger partial charge on any atom is 0.335 e. The Morgan fingerprint density at radius 1 is 1.00 bits per heavy atom. The number of hydrogen-bond acceptors (Lipinski definition) is 7. The number of rotatable bonds is 4. The van der Waals surface area contributed by atoms with Crippen molar-refractivity contribution in [2.24, 2.45) is 10.2 Å². The molecule has 0 unspecified atom stereocenters. The first-order valence-electron chi connectivity index (χ1n) is 8.47. The Morgan fingerprint density at radius 2 is 1.60 bits per heavy atom. The van der Waals surface area contributed by atoms with Gasteiger partial charge in [-0.2, -0.15) is 5.11 Å². The summed E-state index contributed by atoms with van der Waals surface area (Å²) in [4.78, 5) is 10.9. The number of hydrogen-bond donors (Lipinski definition) is 1. The third kappa shape index (κ3) is 4.03. The van der Waals surface area contributed by atoms with Gasteiger partial charge in [-0.15, -0.1) is 5.11 Å². The van der Waals surface area contributed by atoms with Crippen LogP contribution < -0.4 is 5.11 Å². The number of fused-ring (bicyclic) bond motifs is 1. The molecule has 158 valence electrons. The quantitative estimate of drug-likeness (QED) is 0.479. The molecule has 0 bridgehead atoms. The fourth-order valence-electron chi connectivity index (χ4n) is 3.01. The first-order chi connectivity index (χ1) is 13.5. The highest BCUT2D eigenvalue weighted by Crippen LogP contribution is 2.39. The molecule has 0 aliphatic carbocycles. The van der Waals surface area contributed by atoms with Crippen LogP contribution in [-0.2, 0) is 10.1 Å². The van der Waals surface area contributed by atoms with Crippen molar-refractivity contribution in [1.82, 2.24) is 0 Å². The van der Waals surface area contributed by atoms with E-state index >= 15 is 0 Å². The van der Waals surface area contributed by atoms with Crippen molar-refractivity contribution in [1.29, 1.82) is 0 Å². The van der Waals surface area contributed by atoms with Gasteiger partial charge in [-0.1, -0.05) is 37.4 Å². The van der Waals surface area contributed by atoms with E-state index in [2.05, 4.69) is 10.2 Å². The molecule has 3 aromatic carbocycles. The van der Waals surface area contributed by atoms with Gasteiger partial charge in [0.25, 0.3) is 0 Å². The van der Waals surface area contributed by atoms with Crippen molar-refractivity contribution in [3.63, 3.8) is 0 Å². The van der Waals surface area contributed by atoms with E-state index in [0.717, 1.165) is 5.56 Å². The van der Waals surface area contributed by atoms with Gasteiger partial charge in [-0.25, -0.2) is 13.2 Å². The number of carbonyl (C=O) groups is 1. The fourth-order valence-corrected chi connectivity index (χ4v) is 3.77. The normalized spacial score (nSPS) is 11.6. The Labute approximate surface area is 174 Å². The first kappa shape index (κ1) is 23.0. The maximum absolute atomic E-state index is 12.6. The van der Waals surface area contributed by atoms with Gasteiger partial charge in [0.05, 0.1) is 16.1 Å². The lowest BCUT2D eigenvalue weighted by Gasteiger charge is -2.17. The summed E-state index contributed by atoms with van der Waals surface area (Å²) in [5.74, 6) is -2.27. The Morgan fingerprint density at radius 3 is 2.20 bits per heavy atom. The summed E-state index contributed by atoms with van der Waals surface area (Å²) >= 11 is 0. The maximum atomic E-state index is 12.6. The molecule has 0 atom stereocenters. The minimum atomic E-state index is -4.85. The lowest BCUT2D eigenvalue weighted by atomic mass is 10.0. The Hall–Kier alpha value is -3.30. The van der Waals surface area contributed by atoms with E-state index in [9.17, 15) is 28.0 Å². The van der Waals surface area contributed by atoms with Crippen LogP contribution in [0.15, 0.2) is 51.5 Å². The second-order valence-electron chi connectivity index (χ2n) is 6.57. The van der Waals surface area contributed by atoms with Crippen LogP contribution >= 0.6 is 0 Å². The zero-order valence-electron chi connectivity index (χ0n) is 15.8. The molecule has 9 heteroatoms. The molecule has 0 spiro atoms. The second-order valence-corrected chi connectivity index (χ2v) is 7.92. The highest BCUT2D eigenvalue weighted by atomic mass is 32.2. The number of nitrogens with zero attached hydrogens (tertiary/aromatic N) is 2. The molecule has 0 aromatic heterocycles. The third-order valence-electron chi connectivity index (χ3n) is 4.82. The second kappa shape index (κ2) is 8.21. The Balaban J connectivity index is 0.00000320. The molecule has 0 amide bonds. The topological polar surface area (TPSA) is 142 Å². The van der Waals surface area contributed by atoms with E-state index in [1.54, 1.807) is 45.0 Å². The highest BCUT2D eigenvalue weighted by molar-refractivity contribution is 7.86. The van der Waals surface area contributed by atoms with Gasteiger partial charge in [0, 0.05) is 5.39 Å². The lowest BCUT2D eigenvalue weighted by molar-refractivity contribution is -0.267. The average Bonchev–Trinajstić information content (AvgIpc) is 2.65. The van der Waals surface area contributed by atoms with Crippen LogP contribution in [0.5, 0.6) is 5.75 Å². The van der Waals surface area contributed by atoms with E-state index in [1.807, 2.05) is 0 Å². The highest BCUT2D eigenvalue weighted by Gasteiger charge is 2.16. The predicted molar refractivity (Wildman–Crippen MR) is 110 cm³/mol. The Kier molecular flexibility index (Phi) is 6.29. The Bertz CT molecular complexity index is 1300. The first-order valence-corrected chi connectivity index (χ1v) is 9.87. The van der Waals surface area contributed by atoms with Gasteiger partial charge >= 0.3 is 5.97 Å². The number of carboxylic acid groups (broad SMARTS) is 1. The van der Waals surface area contributed by atoms with Crippen molar-refractivity contribution < 1.29 is 28.0 Å². The third-order valence-corrected chi connectivity index (χ3v) is 5.67. The van der Waals surface area contributed by atoms with Crippen LogP contribution in [-0.4, -0.2) is 24.0 Å². The molecule has 0 heterocycles. The van der Waals surface area contributed by atoms with Crippen LogP contribution in [0.25, 0.3) is 10.8 Å². The summed E-state index contributed by atoms with van der Waals surface area (Å²) in [5.41, 5.74) is 0.844. The van der Waals surface area contributed by atoms with Gasteiger partial charge in [0.15, 0.2) is 0 Å². The number of azo groups is 1. The van der Waals surface area contributed by atoms with Crippen LogP contribution in [0, 0.1) is 20.8 Å². The fraction of sp³-hybridized carbons (Fsp3) is 0.190. The molecule has 30 heavy (non-hydrogen) atoms. The summed E-state index contributed by atoms with van der Waals surface area (Å²) in [6, 6.07) is 8.98. The van der Waals surface area contributed by atoms with Gasteiger partial charge in [-0.3, -0.25) is 0 Å². The molecule has 8 nitrogen and oxygen atoms in total. The van der Waals surface area contributed by atoms with Gasteiger partial charge in [-0.05, 0) is 55.0 Å². The van der Waals surface area contributed by atoms with Crippen molar-refractivity contribution in [2.75, 3.05) is 0 Å². The molecule has 1 N–H and O–H groups in total. The van der Waals surface area contributed by atoms with Crippen LogP contribution in [0.1, 0.15) is 34.5 Å². The van der Waals surface area contributed by atoms with E-state index < -0.39 is 32.3 Å². The van der Waals surface area contributed by atoms with Gasteiger partial charge < -0.3 is 14.8 Å². The molecule has 0 saturated carbocycles. The molecular formula is C21H20N2O6S-2. The van der Waals surface area contributed by atoms with Gasteiger partial charge in [0.2, 0.25) is 0 Å². The SMILES string of the molecule is C.Cc1cc(S(=O)(=O)[O-])c(N=Nc2c([O-])c(C(=O)O)cc3ccccc23)c(C)c1C. The van der Waals surface area contributed by atoms with Crippen molar-refractivity contribution >= 4 is 38.2 Å². The zero-order valence-corrected chi connectivity index (χ0v) is 16.6. The number of aromatic carboxylic acids is 1. The molecule has 0 fully saturated rings. The number of benzene rings is 3. The predicted octanol–water partition coefficient (Wildman–Crippen LogP) is 4.49. The number of carboxylic acids is 1. The van der Waals surface area contributed by atoms with Crippen LogP contribution in [0.4, 0.5) is 11.4 Å². The van der Waals surface area contributed by atoms with Crippen LogP contribution in [0.3, 0.4) is 0 Å². The van der Waals surface area contributed by atoms with Crippen molar-refractivity contribution in [3.8, 4) is 5.75 Å². The van der Waals surface area contributed by atoms with Crippen molar-refractivity contribution in [3.05, 3.63) is 58.7 Å². The largest absolute Gasteiger partial charge is 0.870 e. The minimum absolute atomic E-state index is 0.